The molecule has 0 spiro atoms. The van der Waals surface area contributed by atoms with Gasteiger partial charge in [-0.25, -0.2) is 4.98 Å². The maximum atomic E-state index is 8.59. The standard InChI is InChI=1S/C10H16N6/c1-14-2-4-15(5-3-14)6-7-16-9-12-10(8-11)13-16/h9H,2-7H2,1H3. The highest BCUT2D eigenvalue weighted by Crippen LogP contribution is 1.99. The third-order valence-electron chi connectivity index (χ3n) is 2.88. The molecule has 0 unspecified atom stereocenters. The maximum Gasteiger partial charge on any atom is 0.252 e. The van der Waals surface area contributed by atoms with E-state index < -0.39 is 0 Å². The van der Waals surface area contributed by atoms with Gasteiger partial charge in [0.05, 0.1) is 6.54 Å². The van der Waals surface area contributed by atoms with Gasteiger partial charge in [0.25, 0.3) is 5.82 Å². The quantitative estimate of drug-likeness (QED) is 0.680. The molecule has 0 radical (unpaired) electrons. The molecule has 0 N–H and O–H groups in total. The van der Waals surface area contributed by atoms with Gasteiger partial charge >= 0.3 is 0 Å². The van der Waals surface area contributed by atoms with Crippen molar-refractivity contribution >= 4 is 0 Å². The molecule has 1 aromatic heterocycles. The van der Waals surface area contributed by atoms with Crippen molar-refractivity contribution in [3.63, 3.8) is 0 Å². The Bertz CT molecular complexity index is 371. The lowest BCUT2D eigenvalue weighted by Crippen LogP contribution is -2.45. The Morgan fingerprint density at radius 1 is 1.31 bits per heavy atom. The molecule has 1 fully saturated rings. The Hall–Kier alpha value is -1.45. The summed E-state index contributed by atoms with van der Waals surface area (Å²) in [4.78, 5) is 8.62. The van der Waals surface area contributed by atoms with Crippen LogP contribution in [0.5, 0.6) is 0 Å². The Balaban J connectivity index is 1.77. The number of nitriles is 1. The molecule has 86 valence electrons. The van der Waals surface area contributed by atoms with Crippen LogP contribution in [0.25, 0.3) is 0 Å². The Morgan fingerprint density at radius 3 is 2.69 bits per heavy atom. The molecule has 0 aliphatic carbocycles. The van der Waals surface area contributed by atoms with Crippen LogP contribution in [0.15, 0.2) is 6.33 Å². The predicted molar refractivity (Wildman–Crippen MR) is 58.7 cm³/mol. The predicted octanol–water partition coefficient (Wildman–Crippen LogP) is -0.603. The second-order valence-corrected chi connectivity index (χ2v) is 4.09. The number of rotatable bonds is 3. The number of hydrogen-bond donors (Lipinski definition) is 0. The third kappa shape index (κ3) is 2.78. The summed E-state index contributed by atoms with van der Waals surface area (Å²) in [7, 11) is 2.15. The van der Waals surface area contributed by atoms with Crippen molar-refractivity contribution in [1.82, 2.24) is 24.6 Å². The molecule has 0 amide bonds. The first-order chi connectivity index (χ1) is 7.78. The van der Waals surface area contributed by atoms with Crippen LogP contribution in [0, 0.1) is 11.3 Å². The first-order valence-corrected chi connectivity index (χ1v) is 5.48. The molecule has 1 aliphatic rings. The number of nitrogens with zero attached hydrogens (tertiary/aromatic N) is 6. The molecule has 0 saturated carbocycles. The first-order valence-electron chi connectivity index (χ1n) is 5.48. The summed E-state index contributed by atoms with van der Waals surface area (Å²) in [5, 5.41) is 12.6. The average Bonchev–Trinajstić information content (AvgIpc) is 2.76. The maximum absolute atomic E-state index is 8.59. The minimum Gasteiger partial charge on any atom is -0.304 e. The van der Waals surface area contributed by atoms with Crippen molar-refractivity contribution in [3.8, 4) is 6.07 Å². The van der Waals surface area contributed by atoms with Crippen molar-refractivity contribution < 1.29 is 0 Å². The van der Waals surface area contributed by atoms with Gasteiger partial charge in [-0.3, -0.25) is 9.58 Å². The summed E-state index contributed by atoms with van der Waals surface area (Å²) in [6.45, 7) is 6.24. The molecule has 16 heavy (non-hydrogen) atoms. The van der Waals surface area contributed by atoms with E-state index in [1.165, 1.54) is 0 Å². The number of likely N-dealkylation sites (N-methyl/N-ethyl adjacent to an activating group) is 1. The molecule has 1 aliphatic heterocycles. The van der Waals surface area contributed by atoms with Crippen LogP contribution < -0.4 is 0 Å². The van der Waals surface area contributed by atoms with Gasteiger partial charge in [0.1, 0.15) is 12.4 Å². The molecular formula is C10H16N6. The molecule has 0 atom stereocenters. The summed E-state index contributed by atoms with van der Waals surface area (Å²) in [6, 6.07) is 1.93. The molecular weight excluding hydrogens is 204 g/mol. The van der Waals surface area contributed by atoms with Crippen molar-refractivity contribution in [2.75, 3.05) is 39.8 Å². The van der Waals surface area contributed by atoms with Gasteiger partial charge in [-0.1, -0.05) is 0 Å². The molecule has 2 heterocycles. The van der Waals surface area contributed by atoms with E-state index in [4.69, 9.17) is 5.26 Å². The fourth-order valence-electron chi connectivity index (χ4n) is 1.77. The van der Waals surface area contributed by atoms with Gasteiger partial charge in [-0.2, -0.15) is 5.26 Å². The second kappa shape index (κ2) is 5.05. The average molecular weight is 220 g/mol. The summed E-state index contributed by atoms with van der Waals surface area (Å²) >= 11 is 0. The number of hydrogen-bond acceptors (Lipinski definition) is 5. The molecule has 0 aromatic carbocycles. The van der Waals surface area contributed by atoms with E-state index in [-0.39, 0.29) is 5.82 Å². The van der Waals surface area contributed by atoms with Crippen molar-refractivity contribution in [1.29, 1.82) is 5.26 Å². The second-order valence-electron chi connectivity index (χ2n) is 4.09. The molecule has 6 nitrogen and oxygen atoms in total. The summed E-state index contributed by atoms with van der Waals surface area (Å²) in [6.07, 6.45) is 1.62. The van der Waals surface area contributed by atoms with Crippen LogP contribution in [0.4, 0.5) is 0 Å². The highest BCUT2D eigenvalue weighted by atomic mass is 15.3. The largest absolute Gasteiger partial charge is 0.304 e. The van der Waals surface area contributed by atoms with Gasteiger partial charge in [-0.05, 0) is 7.05 Å². The third-order valence-corrected chi connectivity index (χ3v) is 2.88. The van der Waals surface area contributed by atoms with Gasteiger partial charge in [0, 0.05) is 32.7 Å². The minimum atomic E-state index is 0.248. The van der Waals surface area contributed by atoms with E-state index in [2.05, 4.69) is 26.9 Å². The zero-order valence-corrected chi connectivity index (χ0v) is 9.50. The van der Waals surface area contributed by atoms with Gasteiger partial charge in [-0.15, -0.1) is 5.10 Å². The Kier molecular flexibility index (Phi) is 3.49. The van der Waals surface area contributed by atoms with Crippen LogP contribution in [0.2, 0.25) is 0 Å². The van der Waals surface area contributed by atoms with Crippen LogP contribution >= 0.6 is 0 Å². The summed E-state index contributed by atoms with van der Waals surface area (Å²) in [5.74, 6) is 0.248. The minimum absolute atomic E-state index is 0.248. The molecule has 1 saturated heterocycles. The van der Waals surface area contributed by atoms with E-state index in [1.807, 2.05) is 6.07 Å². The number of piperazine rings is 1. The monoisotopic (exact) mass is 220 g/mol. The van der Waals surface area contributed by atoms with E-state index in [0.717, 1.165) is 39.3 Å². The fraction of sp³-hybridized carbons (Fsp3) is 0.700. The van der Waals surface area contributed by atoms with Gasteiger partial charge < -0.3 is 4.90 Å². The van der Waals surface area contributed by atoms with E-state index in [0.29, 0.717) is 0 Å². The van der Waals surface area contributed by atoms with Gasteiger partial charge in [0.15, 0.2) is 0 Å². The lowest BCUT2D eigenvalue weighted by atomic mass is 10.3. The van der Waals surface area contributed by atoms with E-state index in [1.54, 1.807) is 11.0 Å². The number of aromatic nitrogens is 3. The van der Waals surface area contributed by atoms with E-state index >= 15 is 0 Å². The smallest absolute Gasteiger partial charge is 0.252 e. The van der Waals surface area contributed by atoms with Gasteiger partial charge in [0.2, 0.25) is 0 Å². The van der Waals surface area contributed by atoms with Crippen molar-refractivity contribution in [3.05, 3.63) is 12.2 Å². The molecule has 1 aromatic rings. The summed E-state index contributed by atoms with van der Waals surface area (Å²) < 4.78 is 1.73. The SMILES string of the molecule is CN1CCN(CCn2cnc(C#N)n2)CC1. The molecule has 6 heteroatoms. The Labute approximate surface area is 95.1 Å². The highest BCUT2D eigenvalue weighted by molar-refractivity contribution is 5.05. The molecule has 2 rings (SSSR count). The summed E-state index contributed by atoms with van der Waals surface area (Å²) in [5.41, 5.74) is 0. The van der Waals surface area contributed by atoms with Crippen LogP contribution in [0.1, 0.15) is 5.82 Å². The Morgan fingerprint density at radius 2 is 2.06 bits per heavy atom. The molecule has 0 bridgehead atoms. The van der Waals surface area contributed by atoms with E-state index in [9.17, 15) is 0 Å². The topological polar surface area (TPSA) is 61.0 Å². The normalized spacial score (nSPS) is 18.5. The first kappa shape index (κ1) is 11.0. The van der Waals surface area contributed by atoms with Crippen LogP contribution in [-0.4, -0.2) is 64.3 Å². The zero-order chi connectivity index (χ0) is 11.4. The lowest BCUT2D eigenvalue weighted by molar-refractivity contribution is 0.148. The highest BCUT2D eigenvalue weighted by Gasteiger charge is 2.13. The zero-order valence-electron chi connectivity index (χ0n) is 9.50. The fourth-order valence-corrected chi connectivity index (χ4v) is 1.77. The lowest BCUT2D eigenvalue weighted by Gasteiger charge is -2.32. The van der Waals surface area contributed by atoms with Crippen molar-refractivity contribution in [2.45, 2.75) is 6.54 Å². The van der Waals surface area contributed by atoms with Crippen molar-refractivity contribution in [2.24, 2.45) is 0 Å². The van der Waals surface area contributed by atoms with Crippen LogP contribution in [-0.2, 0) is 6.54 Å². The van der Waals surface area contributed by atoms with Crippen LogP contribution in [0.3, 0.4) is 0 Å².